The number of rotatable bonds is 8. The Kier molecular flexibility index (Phi) is 6.82. The summed E-state index contributed by atoms with van der Waals surface area (Å²) < 4.78 is 5.65. The molecule has 5 heteroatoms. The maximum absolute atomic E-state index is 12.3. The molecule has 1 amide bonds. The van der Waals surface area contributed by atoms with Gasteiger partial charge >= 0.3 is 0 Å². The first-order chi connectivity index (χ1) is 13.5. The molecule has 0 radical (unpaired) electrons. The van der Waals surface area contributed by atoms with E-state index in [1.54, 1.807) is 23.5 Å². The van der Waals surface area contributed by atoms with Crippen molar-refractivity contribution in [1.29, 1.82) is 0 Å². The zero-order valence-corrected chi connectivity index (χ0v) is 17.4. The molecule has 3 rings (SSSR count). The molecule has 0 saturated heterocycles. The number of aryl methyl sites for hydroxylation is 1. The fourth-order valence-electron chi connectivity index (χ4n) is 2.73. The zero-order valence-electron chi connectivity index (χ0n) is 16.6. The van der Waals surface area contributed by atoms with Gasteiger partial charge in [0.2, 0.25) is 0 Å². The number of hydrogen-bond donors (Lipinski definition) is 1. The molecule has 146 valence electrons. The first kappa shape index (κ1) is 20.1. The van der Waals surface area contributed by atoms with Gasteiger partial charge in [-0.25, -0.2) is 4.98 Å². The van der Waals surface area contributed by atoms with Crippen LogP contribution in [0.25, 0.3) is 11.3 Å². The van der Waals surface area contributed by atoms with Crippen LogP contribution in [-0.4, -0.2) is 24.0 Å². The van der Waals surface area contributed by atoms with Gasteiger partial charge in [0.05, 0.1) is 17.3 Å². The van der Waals surface area contributed by atoms with Crippen molar-refractivity contribution in [3.8, 4) is 17.0 Å². The number of aromatic nitrogens is 1. The summed E-state index contributed by atoms with van der Waals surface area (Å²) in [5.41, 5.74) is 3.97. The van der Waals surface area contributed by atoms with Gasteiger partial charge in [0, 0.05) is 23.1 Å². The SMILES string of the molecule is Cc1nc(-c2ccc(CCNC(=O)c3ccc(OCC(C)C)cc3)cc2)cs1. The molecule has 4 nitrogen and oxygen atoms in total. The maximum Gasteiger partial charge on any atom is 0.251 e. The minimum atomic E-state index is -0.0648. The van der Waals surface area contributed by atoms with Gasteiger partial charge in [-0.1, -0.05) is 38.1 Å². The van der Waals surface area contributed by atoms with Crippen molar-refractivity contribution in [3.05, 3.63) is 70.0 Å². The average Bonchev–Trinajstić information content (AvgIpc) is 3.13. The highest BCUT2D eigenvalue weighted by atomic mass is 32.1. The molecule has 0 atom stereocenters. The van der Waals surface area contributed by atoms with E-state index in [-0.39, 0.29) is 5.91 Å². The van der Waals surface area contributed by atoms with Crippen LogP contribution in [0.1, 0.15) is 34.8 Å². The Bertz CT molecular complexity index is 899. The molecule has 28 heavy (non-hydrogen) atoms. The van der Waals surface area contributed by atoms with Crippen molar-refractivity contribution in [2.24, 2.45) is 5.92 Å². The van der Waals surface area contributed by atoms with Crippen LogP contribution in [0.15, 0.2) is 53.9 Å². The van der Waals surface area contributed by atoms with Crippen LogP contribution >= 0.6 is 11.3 Å². The molecule has 0 bridgehead atoms. The normalized spacial score (nSPS) is 10.9. The van der Waals surface area contributed by atoms with Crippen molar-refractivity contribution < 1.29 is 9.53 Å². The quantitative estimate of drug-likeness (QED) is 0.576. The van der Waals surface area contributed by atoms with E-state index in [2.05, 4.69) is 53.8 Å². The third kappa shape index (κ3) is 5.67. The van der Waals surface area contributed by atoms with Crippen LogP contribution in [0.2, 0.25) is 0 Å². The van der Waals surface area contributed by atoms with Gasteiger partial charge in [0.1, 0.15) is 5.75 Å². The summed E-state index contributed by atoms with van der Waals surface area (Å²) in [5, 5.41) is 6.12. The number of hydrogen-bond acceptors (Lipinski definition) is 4. The van der Waals surface area contributed by atoms with E-state index >= 15 is 0 Å². The topological polar surface area (TPSA) is 51.2 Å². The molecule has 0 aliphatic heterocycles. The summed E-state index contributed by atoms with van der Waals surface area (Å²) in [6.07, 6.45) is 0.789. The molecule has 1 heterocycles. The minimum Gasteiger partial charge on any atom is -0.493 e. The van der Waals surface area contributed by atoms with Gasteiger partial charge in [-0.2, -0.15) is 0 Å². The lowest BCUT2D eigenvalue weighted by Crippen LogP contribution is -2.25. The summed E-state index contributed by atoms with van der Waals surface area (Å²) in [6, 6.07) is 15.6. The number of benzene rings is 2. The number of ether oxygens (including phenoxy) is 1. The summed E-state index contributed by atoms with van der Waals surface area (Å²) in [4.78, 5) is 16.8. The Morgan fingerprint density at radius 1 is 1.11 bits per heavy atom. The van der Waals surface area contributed by atoms with Crippen molar-refractivity contribution in [2.75, 3.05) is 13.2 Å². The van der Waals surface area contributed by atoms with Gasteiger partial charge < -0.3 is 10.1 Å². The molecule has 0 saturated carbocycles. The van der Waals surface area contributed by atoms with Gasteiger partial charge in [0.15, 0.2) is 0 Å². The fraction of sp³-hybridized carbons (Fsp3) is 0.304. The number of thiazole rings is 1. The van der Waals surface area contributed by atoms with Crippen LogP contribution in [0, 0.1) is 12.8 Å². The van der Waals surface area contributed by atoms with Crippen LogP contribution < -0.4 is 10.1 Å². The van der Waals surface area contributed by atoms with Crippen molar-refractivity contribution in [3.63, 3.8) is 0 Å². The number of amides is 1. The van der Waals surface area contributed by atoms with Gasteiger partial charge in [-0.3, -0.25) is 4.79 Å². The Morgan fingerprint density at radius 3 is 2.43 bits per heavy atom. The molecule has 3 aromatic rings. The predicted molar refractivity (Wildman–Crippen MR) is 115 cm³/mol. The number of nitrogens with zero attached hydrogens (tertiary/aromatic N) is 1. The van der Waals surface area contributed by atoms with Crippen molar-refractivity contribution in [1.82, 2.24) is 10.3 Å². The predicted octanol–water partition coefficient (Wildman–Crippen LogP) is 5.13. The smallest absolute Gasteiger partial charge is 0.251 e. The van der Waals surface area contributed by atoms with Crippen molar-refractivity contribution in [2.45, 2.75) is 27.2 Å². The molecule has 0 fully saturated rings. The molecule has 0 aliphatic carbocycles. The Morgan fingerprint density at radius 2 is 1.82 bits per heavy atom. The largest absolute Gasteiger partial charge is 0.493 e. The number of nitrogens with one attached hydrogen (secondary N) is 1. The second-order valence-corrected chi connectivity index (χ2v) is 8.25. The Labute approximate surface area is 170 Å². The second-order valence-electron chi connectivity index (χ2n) is 7.18. The molecule has 0 spiro atoms. The van der Waals surface area contributed by atoms with Crippen molar-refractivity contribution >= 4 is 17.2 Å². The monoisotopic (exact) mass is 394 g/mol. The molecule has 0 unspecified atom stereocenters. The fourth-order valence-corrected chi connectivity index (χ4v) is 3.35. The van der Waals surface area contributed by atoms with E-state index < -0.39 is 0 Å². The van der Waals surface area contributed by atoms with Crippen LogP contribution in [0.4, 0.5) is 0 Å². The van der Waals surface area contributed by atoms with Crippen LogP contribution in [0.3, 0.4) is 0 Å². The van der Waals surface area contributed by atoms with Crippen LogP contribution in [0.5, 0.6) is 5.75 Å². The first-order valence-corrected chi connectivity index (χ1v) is 10.4. The van der Waals surface area contributed by atoms with E-state index in [0.717, 1.165) is 28.4 Å². The minimum absolute atomic E-state index is 0.0648. The van der Waals surface area contributed by atoms with E-state index in [1.807, 2.05) is 19.1 Å². The van der Waals surface area contributed by atoms with E-state index in [4.69, 9.17) is 4.74 Å². The summed E-state index contributed by atoms with van der Waals surface area (Å²) in [7, 11) is 0. The molecule has 1 aromatic heterocycles. The summed E-state index contributed by atoms with van der Waals surface area (Å²) in [6.45, 7) is 7.49. The third-order valence-electron chi connectivity index (χ3n) is 4.27. The van der Waals surface area contributed by atoms with Crippen LogP contribution in [-0.2, 0) is 6.42 Å². The van der Waals surface area contributed by atoms with Gasteiger partial charge in [-0.15, -0.1) is 11.3 Å². The Hall–Kier alpha value is -2.66. The lowest BCUT2D eigenvalue weighted by atomic mass is 10.1. The lowest BCUT2D eigenvalue weighted by Gasteiger charge is -2.09. The maximum atomic E-state index is 12.3. The van der Waals surface area contributed by atoms with E-state index in [0.29, 0.717) is 24.6 Å². The average molecular weight is 395 g/mol. The van der Waals surface area contributed by atoms with Gasteiger partial charge in [-0.05, 0) is 49.1 Å². The lowest BCUT2D eigenvalue weighted by molar-refractivity contribution is 0.0954. The molecular weight excluding hydrogens is 368 g/mol. The highest BCUT2D eigenvalue weighted by Crippen LogP contribution is 2.22. The molecule has 0 aliphatic rings. The third-order valence-corrected chi connectivity index (χ3v) is 5.04. The highest BCUT2D eigenvalue weighted by molar-refractivity contribution is 7.09. The van der Waals surface area contributed by atoms with Gasteiger partial charge in [0.25, 0.3) is 5.91 Å². The standard InChI is InChI=1S/C23H26N2O2S/c1-16(2)14-27-21-10-8-20(9-11-21)23(26)24-13-12-18-4-6-19(7-5-18)22-15-28-17(3)25-22/h4-11,15-16H,12-14H2,1-3H3,(H,24,26). The van der Waals surface area contributed by atoms with E-state index in [9.17, 15) is 4.79 Å². The second kappa shape index (κ2) is 9.51. The highest BCUT2D eigenvalue weighted by Gasteiger charge is 2.06. The summed E-state index contributed by atoms with van der Waals surface area (Å²) >= 11 is 1.66. The van der Waals surface area contributed by atoms with E-state index in [1.165, 1.54) is 5.56 Å². The zero-order chi connectivity index (χ0) is 19.9. The summed E-state index contributed by atoms with van der Waals surface area (Å²) in [5.74, 6) is 1.20. The number of carbonyl (C=O) groups is 1. The Balaban J connectivity index is 1.47. The molecule has 2 aromatic carbocycles. The number of carbonyl (C=O) groups excluding carboxylic acids is 1. The first-order valence-electron chi connectivity index (χ1n) is 9.54. The molecule has 1 N–H and O–H groups in total. The molecular formula is C23H26N2O2S.